The Labute approximate surface area is 118 Å². The van der Waals surface area contributed by atoms with Crippen LogP contribution in [0.4, 0.5) is 5.69 Å². The number of benzene rings is 2. The second-order valence-corrected chi connectivity index (χ2v) is 4.71. The van der Waals surface area contributed by atoms with Crippen molar-refractivity contribution in [1.29, 1.82) is 0 Å². The normalized spacial score (nSPS) is 12.4. The molecule has 1 aliphatic heterocycles. The zero-order chi connectivity index (χ0) is 13.8. The van der Waals surface area contributed by atoms with Crippen LogP contribution < -0.4 is 19.9 Å². The van der Waals surface area contributed by atoms with Crippen molar-refractivity contribution < 1.29 is 14.2 Å². The standard InChI is InChI=1S/C16H17NO3/c17-13-4-6-14(7-5-13)18-9-1-2-12-3-8-15-16(10-12)20-11-19-15/h3-8,10H,1-2,9,11,17H2. The summed E-state index contributed by atoms with van der Waals surface area (Å²) in [4.78, 5) is 0. The molecule has 0 amide bonds. The van der Waals surface area contributed by atoms with Crippen LogP contribution in [0.5, 0.6) is 17.2 Å². The molecule has 0 saturated heterocycles. The van der Waals surface area contributed by atoms with E-state index in [1.807, 2.05) is 36.4 Å². The van der Waals surface area contributed by atoms with Crippen LogP contribution in [0.3, 0.4) is 0 Å². The van der Waals surface area contributed by atoms with E-state index in [1.54, 1.807) is 0 Å². The molecule has 2 aromatic rings. The second kappa shape index (κ2) is 5.74. The van der Waals surface area contributed by atoms with E-state index in [0.29, 0.717) is 13.4 Å². The van der Waals surface area contributed by atoms with Crippen molar-refractivity contribution in [2.75, 3.05) is 19.1 Å². The van der Waals surface area contributed by atoms with E-state index in [-0.39, 0.29) is 0 Å². The van der Waals surface area contributed by atoms with Gasteiger partial charge in [0.2, 0.25) is 6.79 Å². The van der Waals surface area contributed by atoms with Gasteiger partial charge in [-0.25, -0.2) is 0 Å². The van der Waals surface area contributed by atoms with Crippen molar-refractivity contribution in [3.8, 4) is 17.2 Å². The van der Waals surface area contributed by atoms with E-state index >= 15 is 0 Å². The molecule has 0 aromatic heterocycles. The van der Waals surface area contributed by atoms with Crippen molar-refractivity contribution in [1.82, 2.24) is 0 Å². The molecule has 0 spiro atoms. The van der Waals surface area contributed by atoms with Crippen LogP contribution in [0.1, 0.15) is 12.0 Å². The number of nitrogen functional groups attached to an aromatic ring is 1. The van der Waals surface area contributed by atoms with Crippen LogP contribution in [-0.4, -0.2) is 13.4 Å². The second-order valence-electron chi connectivity index (χ2n) is 4.71. The summed E-state index contributed by atoms with van der Waals surface area (Å²) in [7, 11) is 0. The molecule has 0 atom stereocenters. The van der Waals surface area contributed by atoms with Gasteiger partial charge in [-0.2, -0.15) is 0 Å². The maximum Gasteiger partial charge on any atom is 0.231 e. The van der Waals surface area contributed by atoms with Gasteiger partial charge in [-0.3, -0.25) is 0 Å². The van der Waals surface area contributed by atoms with Crippen LogP contribution in [-0.2, 0) is 6.42 Å². The minimum absolute atomic E-state index is 0.318. The summed E-state index contributed by atoms with van der Waals surface area (Å²) in [5.74, 6) is 2.51. The zero-order valence-electron chi connectivity index (χ0n) is 11.2. The summed E-state index contributed by atoms with van der Waals surface area (Å²) < 4.78 is 16.3. The van der Waals surface area contributed by atoms with Gasteiger partial charge >= 0.3 is 0 Å². The van der Waals surface area contributed by atoms with Crippen molar-refractivity contribution in [3.05, 3.63) is 48.0 Å². The van der Waals surface area contributed by atoms with Gasteiger partial charge in [-0.1, -0.05) is 6.07 Å². The first-order valence-corrected chi connectivity index (χ1v) is 6.68. The van der Waals surface area contributed by atoms with Gasteiger partial charge in [0.25, 0.3) is 0 Å². The van der Waals surface area contributed by atoms with E-state index in [0.717, 1.165) is 35.8 Å². The molecule has 0 fully saturated rings. The summed E-state index contributed by atoms with van der Waals surface area (Å²) in [6, 6.07) is 13.5. The molecule has 0 aliphatic carbocycles. The van der Waals surface area contributed by atoms with Crippen molar-refractivity contribution in [2.45, 2.75) is 12.8 Å². The third kappa shape index (κ3) is 2.96. The highest BCUT2D eigenvalue weighted by Crippen LogP contribution is 2.32. The van der Waals surface area contributed by atoms with E-state index in [1.165, 1.54) is 5.56 Å². The first-order chi connectivity index (χ1) is 9.81. The van der Waals surface area contributed by atoms with Crippen LogP contribution in [0.2, 0.25) is 0 Å². The molecule has 1 aliphatic rings. The molecule has 104 valence electrons. The van der Waals surface area contributed by atoms with Crippen LogP contribution in [0, 0.1) is 0 Å². The topological polar surface area (TPSA) is 53.7 Å². The molecule has 1 heterocycles. The molecule has 3 rings (SSSR count). The van der Waals surface area contributed by atoms with Crippen molar-refractivity contribution >= 4 is 5.69 Å². The molecule has 0 bridgehead atoms. The number of aryl methyl sites for hydroxylation is 1. The fourth-order valence-electron chi connectivity index (χ4n) is 2.13. The smallest absolute Gasteiger partial charge is 0.231 e. The molecule has 0 unspecified atom stereocenters. The Kier molecular flexibility index (Phi) is 3.63. The predicted octanol–water partition coefficient (Wildman–Crippen LogP) is 3.01. The number of nitrogens with two attached hydrogens (primary N) is 1. The van der Waals surface area contributed by atoms with Crippen LogP contribution >= 0.6 is 0 Å². The molecule has 20 heavy (non-hydrogen) atoms. The molecule has 2 aromatic carbocycles. The lowest BCUT2D eigenvalue weighted by atomic mass is 10.1. The van der Waals surface area contributed by atoms with Gasteiger partial charge in [-0.15, -0.1) is 0 Å². The number of ether oxygens (including phenoxy) is 3. The Morgan fingerprint density at radius 1 is 1.00 bits per heavy atom. The van der Waals surface area contributed by atoms with Gasteiger partial charge in [0.05, 0.1) is 6.61 Å². The summed E-state index contributed by atoms with van der Waals surface area (Å²) in [6.45, 7) is 0.997. The van der Waals surface area contributed by atoms with Gasteiger partial charge in [0, 0.05) is 5.69 Å². The molecular formula is C16H17NO3. The minimum atomic E-state index is 0.318. The van der Waals surface area contributed by atoms with Gasteiger partial charge in [0.1, 0.15) is 5.75 Å². The van der Waals surface area contributed by atoms with E-state index in [4.69, 9.17) is 19.9 Å². The van der Waals surface area contributed by atoms with E-state index in [9.17, 15) is 0 Å². The fraction of sp³-hybridized carbons (Fsp3) is 0.250. The SMILES string of the molecule is Nc1ccc(OCCCc2ccc3c(c2)OCO3)cc1. The summed E-state index contributed by atoms with van der Waals surface area (Å²) in [6.07, 6.45) is 1.90. The molecule has 4 nitrogen and oxygen atoms in total. The first kappa shape index (κ1) is 12.7. The number of fused-ring (bicyclic) bond motifs is 1. The summed E-state index contributed by atoms with van der Waals surface area (Å²) in [5.41, 5.74) is 7.60. The maximum absolute atomic E-state index is 5.66. The highest BCUT2D eigenvalue weighted by molar-refractivity contribution is 5.44. The van der Waals surface area contributed by atoms with Gasteiger partial charge in [-0.05, 0) is 54.8 Å². The predicted molar refractivity (Wildman–Crippen MR) is 77.2 cm³/mol. The molecular weight excluding hydrogens is 254 g/mol. The number of hydrogen-bond acceptors (Lipinski definition) is 4. The average molecular weight is 271 g/mol. The summed E-state index contributed by atoms with van der Waals surface area (Å²) >= 11 is 0. The zero-order valence-corrected chi connectivity index (χ0v) is 11.2. The highest BCUT2D eigenvalue weighted by Gasteiger charge is 2.12. The maximum atomic E-state index is 5.66. The average Bonchev–Trinajstić information content (AvgIpc) is 2.93. The molecule has 4 heteroatoms. The Bertz CT molecular complexity index is 581. The van der Waals surface area contributed by atoms with Gasteiger partial charge < -0.3 is 19.9 Å². The van der Waals surface area contributed by atoms with Crippen LogP contribution in [0.15, 0.2) is 42.5 Å². The Morgan fingerprint density at radius 3 is 2.65 bits per heavy atom. The Hall–Kier alpha value is -2.36. The van der Waals surface area contributed by atoms with Crippen molar-refractivity contribution in [3.63, 3.8) is 0 Å². The minimum Gasteiger partial charge on any atom is -0.494 e. The largest absolute Gasteiger partial charge is 0.494 e. The third-order valence-electron chi connectivity index (χ3n) is 3.20. The quantitative estimate of drug-likeness (QED) is 0.671. The lowest BCUT2D eigenvalue weighted by Gasteiger charge is -2.07. The first-order valence-electron chi connectivity index (χ1n) is 6.68. The number of anilines is 1. The lowest BCUT2D eigenvalue weighted by molar-refractivity contribution is 0.174. The molecule has 0 radical (unpaired) electrons. The number of rotatable bonds is 5. The van der Waals surface area contributed by atoms with E-state index < -0.39 is 0 Å². The summed E-state index contributed by atoms with van der Waals surface area (Å²) in [5, 5.41) is 0. The lowest BCUT2D eigenvalue weighted by Crippen LogP contribution is -1.99. The van der Waals surface area contributed by atoms with Gasteiger partial charge in [0.15, 0.2) is 11.5 Å². The Morgan fingerprint density at radius 2 is 1.80 bits per heavy atom. The molecule has 0 saturated carbocycles. The monoisotopic (exact) mass is 271 g/mol. The fourth-order valence-corrected chi connectivity index (χ4v) is 2.13. The third-order valence-corrected chi connectivity index (χ3v) is 3.20. The van der Waals surface area contributed by atoms with Crippen molar-refractivity contribution in [2.24, 2.45) is 0 Å². The number of hydrogen-bond donors (Lipinski definition) is 1. The molecule has 2 N–H and O–H groups in total. The van der Waals surface area contributed by atoms with Crippen LogP contribution in [0.25, 0.3) is 0 Å². The van der Waals surface area contributed by atoms with E-state index in [2.05, 4.69) is 6.07 Å². The Balaban J connectivity index is 1.47. The highest BCUT2D eigenvalue weighted by atomic mass is 16.7.